The summed E-state index contributed by atoms with van der Waals surface area (Å²) in [7, 11) is -1.61. The zero-order valence-electron chi connectivity index (χ0n) is 5.62. The molecule has 0 aromatic heterocycles. The molecule has 59 valence electrons. The predicted octanol–water partition coefficient (Wildman–Crippen LogP) is 1.54. The third-order valence-corrected chi connectivity index (χ3v) is 0. The van der Waals surface area contributed by atoms with E-state index in [0.29, 0.717) is 0 Å². The molecule has 0 amide bonds. The number of halogens is 2. The molecule has 1 N–H and O–H groups in total. The Bertz CT molecular complexity index is 43.6. The van der Waals surface area contributed by atoms with Gasteiger partial charge in [0.05, 0.1) is 0 Å². The van der Waals surface area contributed by atoms with E-state index in [-0.39, 0.29) is 24.8 Å². The van der Waals surface area contributed by atoms with Gasteiger partial charge in [0.25, 0.3) is 0 Å². The summed E-state index contributed by atoms with van der Waals surface area (Å²) in [6, 6.07) is 0. The summed E-state index contributed by atoms with van der Waals surface area (Å²) in [5, 5.41) is 0. The Morgan fingerprint density at radius 3 is 1.11 bits per heavy atom. The molecule has 0 aromatic carbocycles. The third kappa shape index (κ3) is 358. The average Bonchev–Trinajstić information content (AvgIpc) is 1.36. The van der Waals surface area contributed by atoms with Crippen LogP contribution in [0.5, 0.6) is 0 Å². The molecule has 0 atom stereocenters. The van der Waals surface area contributed by atoms with Crippen LogP contribution in [0.2, 0.25) is 19.6 Å². The molecule has 0 heterocycles. The van der Waals surface area contributed by atoms with Crippen LogP contribution in [0, 0.1) is 0 Å². The van der Waals surface area contributed by atoms with Gasteiger partial charge in [0, 0.05) is 0 Å². The first-order chi connectivity index (χ1) is 3.00. The van der Waals surface area contributed by atoms with Gasteiger partial charge < -0.3 is 4.80 Å². The van der Waals surface area contributed by atoms with E-state index in [4.69, 9.17) is 8.47 Å². The molecule has 0 saturated carbocycles. The summed E-state index contributed by atoms with van der Waals surface area (Å²) >= 11 is 1.06. The van der Waals surface area contributed by atoms with Crippen molar-refractivity contribution in [3.05, 3.63) is 0 Å². The molecule has 0 fully saturated rings. The van der Waals surface area contributed by atoms with E-state index < -0.39 is 8.32 Å². The molecule has 0 unspecified atom stereocenters. The summed E-state index contributed by atoms with van der Waals surface area (Å²) in [6.45, 7) is 5.65. The molecule has 2 nitrogen and oxygen atoms in total. The first kappa shape index (κ1) is 22.5. The van der Waals surface area contributed by atoms with Crippen molar-refractivity contribution < 1.29 is 25.8 Å². The average molecular weight is 230 g/mol. The first-order valence-corrected chi connectivity index (χ1v) is 5.92. The van der Waals surface area contributed by atoms with Crippen LogP contribution in [0.1, 0.15) is 0 Å². The molecule has 0 aromatic rings. The number of hydrogen-bond donors (Lipinski definition) is 1. The zero-order valence-corrected chi connectivity index (χ0v) is 9.65. The van der Waals surface area contributed by atoms with E-state index in [1.807, 2.05) is 19.6 Å². The van der Waals surface area contributed by atoms with Crippen LogP contribution in [0.3, 0.4) is 0 Å². The van der Waals surface area contributed by atoms with E-state index >= 15 is 0 Å². The fourth-order valence-electron chi connectivity index (χ4n) is 0. The summed E-state index contributed by atoms with van der Waals surface area (Å²) < 4.78 is 8.19. The Kier molecular flexibility index (Phi) is 29.7. The molecule has 0 rings (SSSR count). The molecular formula is C3H12Cl2O2SiV. The fraction of sp³-hybridized carbons (Fsp3) is 1.00. The van der Waals surface area contributed by atoms with Crippen molar-refractivity contribution in [2.45, 2.75) is 19.6 Å². The minimum absolute atomic E-state index is 0. The minimum atomic E-state index is -1.61. The van der Waals surface area contributed by atoms with Crippen molar-refractivity contribution in [3.8, 4) is 0 Å². The molecular weight excluding hydrogens is 218 g/mol. The maximum atomic E-state index is 8.66. The number of hydrogen-bond acceptors (Lipinski definition) is 2. The van der Waals surface area contributed by atoms with Gasteiger partial charge in [-0.2, -0.15) is 0 Å². The SMILES string of the molecule is C[Si](C)(C)O.Cl.Cl.[O]=[V]. The Morgan fingerprint density at radius 2 is 1.11 bits per heavy atom. The molecule has 0 spiro atoms. The van der Waals surface area contributed by atoms with E-state index in [1.54, 1.807) is 0 Å². The standard InChI is InChI=1S/C3H10OSi.2ClH.O.V/c1-5(2,3)4;;;;/h4H,1-3H3;2*1H;;. The summed E-state index contributed by atoms with van der Waals surface area (Å²) in [6.07, 6.45) is 0. The second kappa shape index (κ2) is 11.9. The van der Waals surface area contributed by atoms with E-state index in [2.05, 4.69) is 0 Å². The van der Waals surface area contributed by atoms with Gasteiger partial charge in [0.2, 0.25) is 0 Å². The summed E-state index contributed by atoms with van der Waals surface area (Å²) in [5.41, 5.74) is 0. The van der Waals surface area contributed by atoms with Crippen LogP contribution in [-0.4, -0.2) is 13.1 Å². The van der Waals surface area contributed by atoms with Gasteiger partial charge in [0.15, 0.2) is 8.32 Å². The van der Waals surface area contributed by atoms with Gasteiger partial charge >= 0.3 is 21.0 Å². The molecule has 6 heteroatoms. The van der Waals surface area contributed by atoms with E-state index in [0.717, 1.165) is 17.4 Å². The third-order valence-electron chi connectivity index (χ3n) is 0. The second-order valence-corrected chi connectivity index (χ2v) is 6.51. The van der Waals surface area contributed by atoms with Gasteiger partial charge in [-0.3, -0.25) is 0 Å². The Balaban J connectivity index is -0.0000000286. The van der Waals surface area contributed by atoms with Crippen molar-refractivity contribution >= 4 is 33.1 Å². The molecule has 9 heavy (non-hydrogen) atoms. The fourth-order valence-corrected chi connectivity index (χ4v) is 0. The van der Waals surface area contributed by atoms with E-state index in [1.165, 1.54) is 0 Å². The van der Waals surface area contributed by atoms with Crippen LogP contribution >= 0.6 is 24.8 Å². The Labute approximate surface area is 78.6 Å². The molecule has 0 bridgehead atoms. The van der Waals surface area contributed by atoms with Crippen molar-refractivity contribution in [2.24, 2.45) is 0 Å². The Morgan fingerprint density at radius 1 is 1.11 bits per heavy atom. The van der Waals surface area contributed by atoms with Gasteiger partial charge in [-0.15, -0.1) is 24.8 Å². The summed E-state index contributed by atoms with van der Waals surface area (Å²) in [5.74, 6) is 0. The topological polar surface area (TPSA) is 37.3 Å². The maximum absolute atomic E-state index is 8.66. The van der Waals surface area contributed by atoms with Gasteiger partial charge in [-0.1, -0.05) is 0 Å². The first-order valence-electron chi connectivity index (χ1n) is 1.91. The predicted molar refractivity (Wildman–Crippen MR) is 40.7 cm³/mol. The number of rotatable bonds is 0. The van der Waals surface area contributed by atoms with Gasteiger partial charge in [0.1, 0.15) is 0 Å². The molecule has 0 aliphatic heterocycles. The zero-order chi connectivity index (χ0) is 6.50. The van der Waals surface area contributed by atoms with Crippen LogP contribution in [0.25, 0.3) is 0 Å². The van der Waals surface area contributed by atoms with Gasteiger partial charge in [-0.05, 0) is 19.6 Å². The molecule has 0 aliphatic rings. The van der Waals surface area contributed by atoms with Crippen molar-refractivity contribution in [2.75, 3.05) is 0 Å². The second-order valence-electron chi connectivity index (χ2n) is 2.17. The summed E-state index contributed by atoms with van der Waals surface area (Å²) in [4.78, 5) is 8.66. The normalized spacial score (nSPS) is 7.00. The van der Waals surface area contributed by atoms with Crippen LogP contribution in [0.4, 0.5) is 0 Å². The van der Waals surface area contributed by atoms with Crippen LogP contribution in [-0.2, 0) is 21.0 Å². The van der Waals surface area contributed by atoms with E-state index in [9.17, 15) is 0 Å². The van der Waals surface area contributed by atoms with Crippen molar-refractivity contribution in [1.82, 2.24) is 0 Å². The molecule has 0 saturated heterocycles. The quantitative estimate of drug-likeness (QED) is 0.641. The van der Waals surface area contributed by atoms with Crippen molar-refractivity contribution in [3.63, 3.8) is 0 Å². The van der Waals surface area contributed by atoms with Gasteiger partial charge in [-0.25, -0.2) is 0 Å². The van der Waals surface area contributed by atoms with Crippen molar-refractivity contribution in [1.29, 1.82) is 0 Å². The molecule has 0 radical (unpaired) electrons. The Hall–Kier alpha value is 1.14. The van der Waals surface area contributed by atoms with Crippen LogP contribution < -0.4 is 0 Å². The van der Waals surface area contributed by atoms with Crippen LogP contribution in [0.15, 0.2) is 0 Å². The monoisotopic (exact) mass is 229 g/mol. The molecule has 0 aliphatic carbocycles.